The van der Waals surface area contributed by atoms with Crippen molar-refractivity contribution < 1.29 is 4.74 Å². The van der Waals surface area contributed by atoms with Gasteiger partial charge in [-0.2, -0.15) is 0 Å². The highest BCUT2D eigenvalue weighted by molar-refractivity contribution is 5.13. The van der Waals surface area contributed by atoms with Crippen LogP contribution in [0.2, 0.25) is 0 Å². The summed E-state index contributed by atoms with van der Waals surface area (Å²) in [4.78, 5) is 0. The summed E-state index contributed by atoms with van der Waals surface area (Å²) >= 11 is 0. The Morgan fingerprint density at radius 1 is 1.20 bits per heavy atom. The number of fused-ring (bicyclic) bond motifs is 1. The monoisotopic (exact) mass is 208 g/mol. The highest BCUT2D eigenvalue weighted by atomic mass is 16.5. The molecule has 1 nitrogen and oxygen atoms in total. The Morgan fingerprint density at radius 3 is 2.47 bits per heavy atom. The predicted octanol–water partition coefficient (Wildman–Crippen LogP) is 3.79. The van der Waals surface area contributed by atoms with E-state index in [1.165, 1.54) is 18.4 Å². The second-order valence-electron chi connectivity index (χ2n) is 6.64. The third-order valence-electron chi connectivity index (χ3n) is 4.36. The maximum atomic E-state index is 5.99. The average molecular weight is 208 g/mol. The molecule has 2 rings (SSSR count). The van der Waals surface area contributed by atoms with Gasteiger partial charge in [0.15, 0.2) is 0 Å². The molecule has 3 atom stereocenters. The number of allylic oxidation sites excluding steroid dienone is 1. The van der Waals surface area contributed by atoms with E-state index in [0.717, 1.165) is 6.61 Å². The quantitative estimate of drug-likeness (QED) is 0.596. The van der Waals surface area contributed by atoms with Crippen molar-refractivity contribution >= 4 is 0 Å². The van der Waals surface area contributed by atoms with Gasteiger partial charge in [0.05, 0.1) is 12.7 Å². The Bertz CT molecular complexity index is 286. The van der Waals surface area contributed by atoms with Crippen LogP contribution in [0.15, 0.2) is 11.6 Å². The molecule has 15 heavy (non-hydrogen) atoms. The highest BCUT2D eigenvalue weighted by Gasteiger charge is 2.56. The largest absolute Gasteiger partial charge is 0.373 e. The Morgan fingerprint density at radius 2 is 1.87 bits per heavy atom. The summed E-state index contributed by atoms with van der Waals surface area (Å²) in [5, 5.41) is 0. The van der Waals surface area contributed by atoms with Crippen molar-refractivity contribution in [1.82, 2.24) is 0 Å². The van der Waals surface area contributed by atoms with E-state index < -0.39 is 0 Å². The van der Waals surface area contributed by atoms with E-state index in [1.54, 1.807) is 0 Å². The highest BCUT2D eigenvalue weighted by Crippen LogP contribution is 2.59. The van der Waals surface area contributed by atoms with Crippen LogP contribution in [0.25, 0.3) is 0 Å². The van der Waals surface area contributed by atoms with Crippen molar-refractivity contribution in [3.63, 3.8) is 0 Å². The smallest absolute Gasteiger partial charge is 0.0797 e. The van der Waals surface area contributed by atoms with Crippen LogP contribution < -0.4 is 0 Å². The van der Waals surface area contributed by atoms with Gasteiger partial charge in [-0.15, -0.1) is 0 Å². The molecule has 1 heterocycles. The number of hydrogen-bond acceptors (Lipinski definition) is 1. The summed E-state index contributed by atoms with van der Waals surface area (Å²) in [7, 11) is 0. The minimum absolute atomic E-state index is 0.359. The van der Waals surface area contributed by atoms with E-state index in [1.807, 2.05) is 0 Å². The van der Waals surface area contributed by atoms with Crippen LogP contribution >= 0.6 is 0 Å². The second-order valence-corrected chi connectivity index (χ2v) is 6.64. The summed E-state index contributed by atoms with van der Waals surface area (Å²) in [5.74, 6) is 0.708. The van der Waals surface area contributed by atoms with Crippen molar-refractivity contribution in [2.75, 3.05) is 6.61 Å². The lowest BCUT2D eigenvalue weighted by Crippen LogP contribution is -2.32. The molecular formula is C14H24O. The molecule has 0 aromatic rings. The van der Waals surface area contributed by atoms with E-state index in [-0.39, 0.29) is 0 Å². The number of rotatable bonds is 1. The molecule has 1 aliphatic carbocycles. The van der Waals surface area contributed by atoms with Gasteiger partial charge in [0.1, 0.15) is 0 Å². The first kappa shape index (κ1) is 11.2. The minimum atomic E-state index is 0.359. The van der Waals surface area contributed by atoms with Gasteiger partial charge in [0, 0.05) is 5.92 Å². The van der Waals surface area contributed by atoms with Crippen LogP contribution in [0.3, 0.4) is 0 Å². The predicted molar refractivity (Wildman–Crippen MR) is 63.8 cm³/mol. The van der Waals surface area contributed by atoms with Crippen LogP contribution in [-0.2, 0) is 4.74 Å². The van der Waals surface area contributed by atoms with Crippen molar-refractivity contribution in [2.24, 2.45) is 16.7 Å². The standard InChI is InChI=1S/C14H24O/c1-10(2)8-11-12-13(3,4)6-7-14(12,5)9-15-11/h8,11-12H,6-7,9H2,1-5H3. The van der Waals surface area contributed by atoms with E-state index in [2.05, 4.69) is 40.7 Å². The Kier molecular flexibility index (Phi) is 2.50. The lowest BCUT2D eigenvalue weighted by molar-refractivity contribution is 0.0872. The van der Waals surface area contributed by atoms with Gasteiger partial charge in [0.2, 0.25) is 0 Å². The van der Waals surface area contributed by atoms with Crippen molar-refractivity contribution in [1.29, 1.82) is 0 Å². The maximum Gasteiger partial charge on any atom is 0.0797 e. The fraction of sp³-hybridized carbons (Fsp3) is 0.857. The summed E-state index contributed by atoms with van der Waals surface area (Å²) in [6.45, 7) is 12.5. The van der Waals surface area contributed by atoms with E-state index in [9.17, 15) is 0 Å². The normalized spacial score (nSPS) is 42.7. The van der Waals surface area contributed by atoms with Crippen LogP contribution in [0, 0.1) is 16.7 Å². The van der Waals surface area contributed by atoms with E-state index in [4.69, 9.17) is 4.74 Å². The van der Waals surface area contributed by atoms with Crippen LogP contribution in [0.4, 0.5) is 0 Å². The molecular weight excluding hydrogens is 184 g/mol. The Labute approximate surface area is 93.9 Å². The van der Waals surface area contributed by atoms with Gasteiger partial charge in [-0.05, 0) is 37.5 Å². The van der Waals surface area contributed by atoms with Gasteiger partial charge >= 0.3 is 0 Å². The lowest BCUT2D eigenvalue weighted by atomic mass is 9.70. The van der Waals surface area contributed by atoms with Crippen LogP contribution in [0.5, 0.6) is 0 Å². The van der Waals surface area contributed by atoms with Crippen molar-refractivity contribution in [3.8, 4) is 0 Å². The third-order valence-corrected chi connectivity index (χ3v) is 4.36. The van der Waals surface area contributed by atoms with E-state index >= 15 is 0 Å². The van der Waals surface area contributed by atoms with Crippen molar-refractivity contribution in [2.45, 2.75) is 53.6 Å². The Balaban J connectivity index is 2.28. The van der Waals surface area contributed by atoms with Gasteiger partial charge < -0.3 is 4.74 Å². The van der Waals surface area contributed by atoms with Gasteiger partial charge in [-0.25, -0.2) is 0 Å². The first-order valence-corrected chi connectivity index (χ1v) is 6.12. The van der Waals surface area contributed by atoms with Gasteiger partial charge in [0.25, 0.3) is 0 Å². The molecule has 0 radical (unpaired) electrons. The average Bonchev–Trinajstić information content (AvgIpc) is 2.51. The first-order valence-electron chi connectivity index (χ1n) is 6.12. The molecule has 0 N–H and O–H groups in total. The maximum absolute atomic E-state index is 5.99. The molecule has 1 saturated carbocycles. The summed E-state index contributed by atoms with van der Waals surface area (Å²) in [6, 6.07) is 0. The van der Waals surface area contributed by atoms with Gasteiger partial charge in [-0.1, -0.05) is 32.4 Å². The third kappa shape index (κ3) is 1.75. The van der Waals surface area contributed by atoms with Crippen LogP contribution in [0.1, 0.15) is 47.5 Å². The molecule has 1 aliphatic heterocycles. The van der Waals surface area contributed by atoms with Crippen molar-refractivity contribution in [3.05, 3.63) is 11.6 Å². The molecule has 1 heteroatoms. The minimum Gasteiger partial charge on any atom is -0.373 e. The molecule has 2 fully saturated rings. The van der Waals surface area contributed by atoms with Crippen LogP contribution in [-0.4, -0.2) is 12.7 Å². The first-order chi connectivity index (χ1) is 6.85. The fourth-order valence-corrected chi connectivity index (χ4v) is 3.72. The van der Waals surface area contributed by atoms with Gasteiger partial charge in [-0.3, -0.25) is 0 Å². The zero-order chi connectivity index (χ0) is 11.3. The fourth-order valence-electron chi connectivity index (χ4n) is 3.72. The van der Waals surface area contributed by atoms with E-state index in [0.29, 0.717) is 22.9 Å². The SMILES string of the molecule is CC(C)=CC1OCC2(C)CCC(C)(C)C12. The number of ether oxygens (including phenoxy) is 1. The summed E-state index contributed by atoms with van der Waals surface area (Å²) < 4.78 is 5.99. The summed E-state index contributed by atoms with van der Waals surface area (Å²) in [6.07, 6.45) is 5.36. The topological polar surface area (TPSA) is 9.23 Å². The molecule has 86 valence electrons. The molecule has 3 unspecified atom stereocenters. The molecule has 0 aromatic heterocycles. The second kappa shape index (κ2) is 3.35. The molecule has 1 saturated heterocycles. The zero-order valence-corrected chi connectivity index (χ0v) is 10.8. The molecule has 0 bridgehead atoms. The molecule has 0 spiro atoms. The molecule has 0 aromatic carbocycles. The zero-order valence-electron chi connectivity index (χ0n) is 10.8. The lowest BCUT2D eigenvalue weighted by Gasteiger charge is -2.33. The summed E-state index contributed by atoms with van der Waals surface area (Å²) in [5.41, 5.74) is 2.26. The molecule has 0 amide bonds. The Hall–Kier alpha value is -0.300. The molecule has 2 aliphatic rings. The number of hydrogen-bond donors (Lipinski definition) is 0.